The van der Waals surface area contributed by atoms with Gasteiger partial charge in [0, 0.05) is 0 Å². The second-order valence-corrected chi connectivity index (χ2v) is 3.28. The van der Waals surface area contributed by atoms with Gasteiger partial charge in [0.25, 0.3) is 0 Å². The van der Waals surface area contributed by atoms with Crippen LogP contribution < -0.4 is 0 Å². The molecule has 54 valence electrons. The van der Waals surface area contributed by atoms with Crippen molar-refractivity contribution in [1.29, 1.82) is 0 Å². The van der Waals surface area contributed by atoms with E-state index in [2.05, 4.69) is 13.2 Å². The minimum atomic E-state index is -0.750. The standard InChI is InChI=1S/C5H8.CHCl3/c1-4-5(2)3;2-1(3)4/h4H,1-2H2,3H3;1H. The second kappa shape index (κ2) is 8.35. The average molecular weight is 187 g/mol. The van der Waals surface area contributed by atoms with E-state index < -0.39 is 4.30 Å². The fraction of sp³-hybridized carbons (Fsp3) is 0.333. The van der Waals surface area contributed by atoms with E-state index in [1.807, 2.05) is 6.92 Å². The summed E-state index contributed by atoms with van der Waals surface area (Å²) in [5, 5.41) is 0. The van der Waals surface area contributed by atoms with Crippen LogP contribution in [0.4, 0.5) is 0 Å². The highest BCUT2D eigenvalue weighted by Gasteiger charge is 1.78. The Morgan fingerprint density at radius 1 is 1.44 bits per heavy atom. The highest BCUT2D eigenvalue weighted by atomic mass is 35.6. The van der Waals surface area contributed by atoms with Crippen LogP contribution in [0.15, 0.2) is 24.8 Å². The maximum atomic E-state index is 4.81. The quantitative estimate of drug-likeness (QED) is 0.433. The number of allylic oxidation sites excluding steroid dienone is 2. The molecule has 0 fully saturated rings. The molecule has 0 aliphatic heterocycles. The zero-order valence-electron chi connectivity index (χ0n) is 5.20. The van der Waals surface area contributed by atoms with Crippen molar-refractivity contribution in [1.82, 2.24) is 0 Å². The molecule has 0 heterocycles. The zero-order chi connectivity index (χ0) is 7.86. The fourth-order valence-electron chi connectivity index (χ4n) is 0. The Hall–Kier alpha value is 0.350. The molecular weight excluding hydrogens is 178 g/mol. The maximum absolute atomic E-state index is 4.81. The highest BCUT2D eigenvalue weighted by molar-refractivity contribution is 6.63. The molecular formula is C6H9Cl3. The molecule has 0 nitrogen and oxygen atoms in total. The lowest BCUT2D eigenvalue weighted by molar-refractivity contribution is 1.58. The van der Waals surface area contributed by atoms with Gasteiger partial charge in [-0.1, -0.05) is 59.6 Å². The first-order valence-electron chi connectivity index (χ1n) is 2.21. The normalized spacial score (nSPS) is 7.67. The van der Waals surface area contributed by atoms with Gasteiger partial charge in [-0.3, -0.25) is 0 Å². The number of halogens is 3. The molecule has 9 heavy (non-hydrogen) atoms. The molecule has 0 N–H and O–H groups in total. The van der Waals surface area contributed by atoms with E-state index in [1.54, 1.807) is 6.08 Å². The Bertz CT molecular complexity index is 83.5. The van der Waals surface area contributed by atoms with Crippen molar-refractivity contribution in [3.05, 3.63) is 24.8 Å². The van der Waals surface area contributed by atoms with Crippen molar-refractivity contribution >= 4 is 34.8 Å². The van der Waals surface area contributed by atoms with Gasteiger partial charge >= 0.3 is 0 Å². The van der Waals surface area contributed by atoms with Crippen LogP contribution in [0.5, 0.6) is 0 Å². The largest absolute Gasteiger partial charge is 0.180 e. The molecule has 0 unspecified atom stereocenters. The fourth-order valence-corrected chi connectivity index (χ4v) is 0. The molecule has 0 aromatic heterocycles. The summed E-state index contributed by atoms with van der Waals surface area (Å²) >= 11 is 14.4. The lowest BCUT2D eigenvalue weighted by Gasteiger charge is -1.71. The molecule has 0 aromatic rings. The molecule has 0 saturated heterocycles. The molecule has 0 spiro atoms. The van der Waals surface area contributed by atoms with Gasteiger partial charge in [0.2, 0.25) is 0 Å². The Labute approximate surface area is 71.1 Å². The van der Waals surface area contributed by atoms with E-state index in [-0.39, 0.29) is 0 Å². The Morgan fingerprint density at radius 2 is 1.56 bits per heavy atom. The van der Waals surface area contributed by atoms with Crippen molar-refractivity contribution in [2.45, 2.75) is 11.2 Å². The predicted molar refractivity (Wildman–Crippen MR) is 46.4 cm³/mol. The van der Waals surface area contributed by atoms with E-state index in [1.165, 1.54) is 0 Å². The van der Waals surface area contributed by atoms with Gasteiger partial charge < -0.3 is 0 Å². The minimum Gasteiger partial charge on any atom is -0.0988 e. The van der Waals surface area contributed by atoms with Gasteiger partial charge in [-0.25, -0.2) is 0 Å². The van der Waals surface area contributed by atoms with Crippen molar-refractivity contribution in [2.75, 3.05) is 0 Å². The summed E-state index contributed by atoms with van der Waals surface area (Å²) in [6.45, 7) is 8.93. The van der Waals surface area contributed by atoms with Gasteiger partial charge in [0.1, 0.15) is 0 Å². The molecule has 0 atom stereocenters. The van der Waals surface area contributed by atoms with Gasteiger partial charge in [-0.05, 0) is 6.92 Å². The molecule has 0 aliphatic carbocycles. The number of hydrogen-bond donors (Lipinski definition) is 0. The molecule has 0 rings (SSSR count). The summed E-state index contributed by atoms with van der Waals surface area (Å²) in [5.74, 6) is 0. The van der Waals surface area contributed by atoms with E-state index in [0.29, 0.717) is 0 Å². The van der Waals surface area contributed by atoms with Crippen LogP contribution in [-0.4, -0.2) is 4.30 Å². The number of alkyl halides is 3. The van der Waals surface area contributed by atoms with Gasteiger partial charge in [-0.15, -0.1) is 0 Å². The number of hydrogen-bond acceptors (Lipinski definition) is 0. The summed E-state index contributed by atoms with van der Waals surface area (Å²) in [6, 6.07) is 0. The first-order chi connectivity index (χ1) is 4.00. The third-order valence-corrected chi connectivity index (χ3v) is 0.348. The first kappa shape index (κ1) is 12.1. The summed E-state index contributed by atoms with van der Waals surface area (Å²) in [7, 11) is 0. The summed E-state index contributed by atoms with van der Waals surface area (Å²) in [5.41, 5.74) is 1.02. The van der Waals surface area contributed by atoms with E-state index >= 15 is 0 Å². The lowest BCUT2D eigenvalue weighted by atomic mass is 10.4. The smallest absolute Gasteiger partial charge is 0.0988 e. The monoisotopic (exact) mass is 186 g/mol. The SMILES string of the molecule is C=CC(=C)C.ClC(Cl)Cl. The van der Waals surface area contributed by atoms with Crippen molar-refractivity contribution in [3.8, 4) is 0 Å². The van der Waals surface area contributed by atoms with E-state index in [9.17, 15) is 0 Å². The third-order valence-electron chi connectivity index (χ3n) is 0.348. The molecule has 0 aliphatic rings. The summed E-state index contributed by atoms with van der Waals surface area (Å²) in [4.78, 5) is 0. The maximum Gasteiger partial charge on any atom is 0.180 e. The van der Waals surface area contributed by atoms with Crippen molar-refractivity contribution < 1.29 is 0 Å². The van der Waals surface area contributed by atoms with Crippen LogP contribution in [0.2, 0.25) is 0 Å². The highest BCUT2D eigenvalue weighted by Crippen LogP contribution is 2.03. The minimum absolute atomic E-state index is 0.750. The van der Waals surface area contributed by atoms with Gasteiger partial charge in [-0.2, -0.15) is 0 Å². The third kappa shape index (κ3) is 61.0. The Morgan fingerprint density at radius 3 is 1.56 bits per heavy atom. The van der Waals surface area contributed by atoms with Gasteiger partial charge in [0.05, 0.1) is 0 Å². The molecule has 0 aromatic carbocycles. The van der Waals surface area contributed by atoms with Crippen LogP contribution in [0, 0.1) is 0 Å². The van der Waals surface area contributed by atoms with Crippen LogP contribution >= 0.6 is 34.8 Å². The molecule has 0 bridgehead atoms. The van der Waals surface area contributed by atoms with Crippen LogP contribution in [0.3, 0.4) is 0 Å². The van der Waals surface area contributed by atoms with E-state index in [0.717, 1.165) is 5.57 Å². The zero-order valence-corrected chi connectivity index (χ0v) is 7.47. The molecule has 3 heteroatoms. The summed E-state index contributed by atoms with van der Waals surface area (Å²) < 4.78 is -0.750. The molecule has 0 radical (unpaired) electrons. The average Bonchev–Trinajstić information content (AvgIpc) is 1.65. The van der Waals surface area contributed by atoms with Crippen LogP contribution in [-0.2, 0) is 0 Å². The molecule has 0 saturated carbocycles. The van der Waals surface area contributed by atoms with Crippen molar-refractivity contribution in [2.24, 2.45) is 0 Å². The van der Waals surface area contributed by atoms with Crippen LogP contribution in [0.25, 0.3) is 0 Å². The Kier molecular flexibility index (Phi) is 11.2. The topological polar surface area (TPSA) is 0 Å². The van der Waals surface area contributed by atoms with Crippen molar-refractivity contribution in [3.63, 3.8) is 0 Å². The first-order valence-corrected chi connectivity index (χ1v) is 3.51. The van der Waals surface area contributed by atoms with E-state index in [4.69, 9.17) is 34.8 Å². The Balaban J connectivity index is 0. The second-order valence-electron chi connectivity index (χ2n) is 1.30. The lowest BCUT2D eigenvalue weighted by Crippen LogP contribution is -1.55. The predicted octanol–water partition coefficient (Wildman–Crippen LogP) is 3.73. The summed E-state index contributed by atoms with van der Waals surface area (Å²) in [6.07, 6.45) is 1.72. The van der Waals surface area contributed by atoms with Gasteiger partial charge in [0.15, 0.2) is 4.30 Å². The molecule has 0 amide bonds. The van der Waals surface area contributed by atoms with Crippen LogP contribution in [0.1, 0.15) is 6.92 Å². The number of rotatable bonds is 1.